The molecule has 1 amide bonds. The van der Waals surface area contributed by atoms with E-state index in [1.807, 2.05) is 39.0 Å². The van der Waals surface area contributed by atoms with E-state index in [2.05, 4.69) is 22.9 Å². The molecule has 0 aromatic carbocycles. The molecule has 1 atom stereocenters. The van der Waals surface area contributed by atoms with Crippen LogP contribution < -0.4 is 5.32 Å². The number of hydrogen-bond acceptors (Lipinski definition) is 3. The van der Waals surface area contributed by atoms with Gasteiger partial charge in [-0.05, 0) is 25.0 Å². The van der Waals surface area contributed by atoms with Crippen LogP contribution in [0.2, 0.25) is 0 Å². The average Bonchev–Trinajstić information content (AvgIpc) is 2.24. The maximum Gasteiger partial charge on any atom is 0.233 e. The van der Waals surface area contributed by atoms with Crippen LogP contribution in [0, 0.1) is 12.8 Å². The number of pyridine rings is 1. The van der Waals surface area contributed by atoms with E-state index in [1.165, 1.54) is 0 Å². The van der Waals surface area contributed by atoms with Gasteiger partial charge in [-0.1, -0.05) is 19.9 Å². The van der Waals surface area contributed by atoms with Crippen molar-refractivity contribution in [2.24, 2.45) is 5.92 Å². The molecule has 0 saturated carbocycles. The maximum absolute atomic E-state index is 11.6. The lowest BCUT2D eigenvalue weighted by Crippen LogP contribution is -2.34. The van der Waals surface area contributed by atoms with Gasteiger partial charge in [0, 0.05) is 5.69 Å². The van der Waals surface area contributed by atoms with Crippen molar-refractivity contribution in [1.29, 1.82) is 0 Å². The van der Waals surface area contributed by atoms with Gasteiger partial charge in [0.2, 0.25) is 5.91 Å². The van der Waals surface area contributed by atoms with Crippen molar-refractivity contribution >= 4 is 18.5 Å². The zero-order valence-electron chi connectivity index (χ0n) is 9.90. The molecular weight excluding hydrogens is 220 g/mol. The van der Waals surface area contributed by atoms with Gasteiger partial charge in [-0.15, -0.1) is 0 Å². The number of nitrogens with zero attached hydrogens (tertiary/aromatic N) is 1. The summed E-state index contributed by atoms with van der Waals surface area (Å²) in [5.74, 6) is 0.190. The minimum absolute atomic E-state index is 0.0401. The fraction of sp³-hybridized carbons (Fsp3) is 0.500. The van der Waals surface area contributed by atoms with E-state index >= 15 is 0 Å². The summed E-state index contributed by atoms with van der Waals surface area (Å²) in [6.07, 6.45) is 0. The zero-order valence-corrected chi connectivity index (χ0v) is 10.8. The number of hydrogen-bond donors (Lipinski definition) is 2. The van der Waals surface area contributed by atoms with Crippen LogP contribution in [0.1, 0.15) is 25.2 Å². The van der Waals surface area contributed by atoms with E-state index < -0.39 is 0 Å². The van der Waals surface area contributed by atoms with Crippen LogP contribution in [0.5, 0.6) is 0 Å². The molecule has 3 nitrogen and oxygen atoms in total. The minimum atomic E-state index is -0.259. The number of thiol groups is 1. The second-order valence-corrected chi connectivity index (χ2v) is 4.73. The number of carbonyl (C=O) groups is 1. The Morgan fingerprint density at radius 2 is 2.19 bits per heavy atom. The van der Waals surface area contributed by atoms with Crippen molar-refractivity contribution in [2.45, 2.75) is 32.6 Å². The van der Waals surface area contributed by atoms with Gasteiger partial charge in [0.15, 0.2) is 0 Å². The highest BCUT2D eigenvalue weighted by molar-refractivity contribution is 7.81. The first-order valence-corrected chi connectivity index (χ1v) is 5.90. The summed E-state index contributed by atoms with van der Waals surface area (Å²) in [5, 5.41) is 2.57. The Hall–Kier alpha value is -1.03. The Bertz CT molecular complexity index is 366. The number of aromatic nitrogens is 1. The molecule has 0 spiro atoms. The van der Waals surface area contributed by atoms with Gasteiger partial charge in [0.05, 0.1) is 17.5 Å². The minimum Gasteiger partial charge on any atom is -0.349 e. The van der Waals surface area contributed by atoms with E-state index in [-0.39, 0.29) is 17.1 Å². The van der Waals surface area contributed by atoms with Gasteiger partial charge in [0.25, 0.3) is 0 Å². The van der Waals surface area contributed by atoms with Gasteiger partial charge in [-0.2, -0.15) is 12.6 Å². The quantitative estimate of drug-likeness (QED) is 0.787. The summed E-state index contributed by atoms with van der Waals surface area (Å²) < 4.78 is 0. The standard InChI is InChI=1S/C12H18N2OS/c1-8(2)11(16)12(15)13-7-10-6-4-5-9(3)14-10/h4-6,8,11,16H,7H2,1-3H3,(H,13,15). The summed E-state index contributed by atoms with van der Waals surface area (Å²) in [5.41, 5.74) is 1.83. The van der Waals surface area contributed by atoms with Crippen molar-refractivity contribution in [3.8, 4) is 0 Å². The number of amides is 1. The van der Waals surface area contributed by atoms with Crippen LogP contribution in [-0.4, -0.2) is 16.1 Å². The predicted octanol–water partition coefficient (Wildman–Crippen LogP) is 1.96. The predicted molar refractivity (Wildman–Crippen MR) is 68.4 cm³/mol. The monoisotopic (exact) mass is 238 g/mol. The van der Waals surface area contributed by atoms with Crippen LogP contribution in [-0.2, 0) is 11.3 Å². The summed E-state index contributed by atoms with van der Waals surface area (Å²) >= 11 is 4.25. The van der Waals surface area contributed by atoms with Gasteiger partial charge >= 0.3 is 0 Å². The lowest BCUT2D eigenvalue weighted by atomic mass is 10.1. The molecule has 1 aromatic heterocycles. The molecule has 0 aliphatic heterocycles. The first-order chi connectivity index (χ1) is 7.50. The van der Waals surface area contributed by atoms with Gasteiger partial charge < -0.3 is 5.32 Å². The van der Waals surface area contributed by atoms with Crippen molar-refractivity contribution in [3.05, 3.63) is 29.6 Å². The second-order valence-electron chi connectivity index (χ2n) is 4.18. The summed E-state index contributed by atoms with van der Waals surface area (Å²) in [6.45, 7) is 6.34. The van der Waals surface area contributed by atoms with E-state index in [0.717, 1.165) is 11.4 Å². The molecule has 1 heterocycles. The molecule has 0 fully saturated rings. The van der Waals surface area contributed by atoms with Crippen LogP contribution in [0.3, 0.4) is 0 Å². The summed E-state index contributed by atoms with van der Waals surface area (Å²) in [6, 6.07) is 5.77. The molecule has 4 heteroatoms. The highest BCUT2D eigenvalue weighted by Crippen LogP contribution is 2.08. The highest BCUT2D eigenvalue weighted by atomic mass is 32.1. The van der Waals surface area contributed by atoms with E-state index in [4.69, 9.17) is 0 Å². The molecule has 16 heavy (non-hydrogen) atoms. The highest BCUT2D eigenvalue weighted by Gasteiger charge is 2.16. The first-order valence-electron chi connectivity index (χ1n) is 5.39. The fourth-order valence-corrected chi connectivity index (χ4v) is 1.37. The van der Waals surface area contributed by atoms with Gasteiger partial charge in [0.1, 0.15) is 0 Å². The third kappa shape index (κ3) is 3.85. The first kappa shape index (κ1) is 13.0. The second kappa shape index (κ2) is 5.89. The zero-order chi connectivity index (χ0) is 12.1. The van der Waals surface area contributed by atoms with E-state index in [9.17, 15) is 4.79 Å². The molecule has 1 N–H and O–H groups in total. The molecule has 0 bridgehead atoms. The Kier molecular flexibility index (Phi) is 4.80. The number of nitrogens with one attached hydrogen (secondary N) is 1. The average molecular weight is 238 g/mol. The van der Waals surface area contributed by atoms with Crippen LogP contribution in [0.25, 0.3) is 0 Å². The van der Waals surface area contributed by atoms with Crippen LogP contribution in [0.15, 0.2) is 18.2 Å². The molecular formula is C12H18N2OS. The molecule has 1 rings (SSSR count). The lowest BCUT2D eigenvalue weighted by molar-refractivity contribution is -0.121. The fourth-order valence-electron chi connectivity index (χ4n) is 1.28. The molecule has 0 aliphatic carbocycles. The Morgan fingerprint density at radius 1 is 1.50 bits per heavy atom. The molecule has 1 unspecified atom stereocenters. The lowest BCUT2D eigenvalue weighted by Gasteiger charge is -2.14. The summed E-state index contributed by atoms with van der Waals surface area (Å²) in [4.78, 5) is 15.9. The molecule has 0 radical (unpaired) electrons. The van der Waals surface area contributed by atoms with Gasteiger partial charge in [-0.3, -0.25) is 9.78 Å². The maximum atomic E-state index is 11.6. The number of aryl methyl sites for hydroxylation is 1. The Labute approximate surface area is 102 Å². The Balaban J connectivity index is 2.49. The molecule has 0 saturated heterocycles. The van der Waals surface area contributed by atoms with Crippen LogP contribution in [0.4, 0.5) is 0 Å². The molecule has 0 aliphatic rings. The van der Waals surface area contributed by atoms with Crippen molar-refractivity contribution in [2.75, 3.05) is 0 Å². The van der Waals surface area contributed by atoms with E-state index in [0.29, 0.717) is 6.54 Å². The van der Waals surface area contributed by atoms with E-state index in [1.54, 1.807) is 0 Å². The third-order valence-electron chi connectivity index (χ3n) is 2.29. The summed E-state index contributed by atoms with van der Waals surface area (Å²) in [7, 11) is 0. The van der Waals surface area contributed by atoms with Crippen molar-refractivity contribution in [3.63, 3.8) is 0 Å². The normalized spacial score (nSPS) is 12.6. The molecule has 88 valence electrons. The number of rotatable bonds is 4. The van der Waals surface area contributed by atoms with Gasteiger partial charge in [-0.25, -0.2) is 0 Å². The van der Waals surface area contributed by atoms with Crippen molar-refractivity contribution in [1.82, 2.24) is 10.3 Å². The topological polar surface area (TPSA) is 42.0 Å². The molecule has 1 aromatic rings. The number of carbonyl (C=O) groups excluding carboxylic acids is 1. The SMILES string of the molecule is Cc1cccc(CNC(=O)C(S)C(C)C)n1. The Morgan fingerprint density at radius 3 is 2.75 bits per heavy atom. The van der Waals surface area contributed by atoms with Crippen molar-refractivity contribution < 1.29 is 4.79 Å². The third-order valence-corrected chi connectivity index (χ3v) is 3.12. The smallest absolute Gasteiger partial charge is 0.233 e. The largest absolute Gasteiger partial charge is 0.349 e. The van der Waals surface area contributed by atoms with Crippen LogP contribution >= 0.6 is 12.6 Å².